The van der Waals surface area contributed by atoms with E-state index in [9.17, 15) is 0 Å². The topological polar surface area (TPSA) is 12.5 Å². The van der Waals surface area contributed by atoms with Gasteiger partial charge in [0.15, 0.2) is 0 Å². The van der Waals surface area contributed by atoms with Crippen LogP contribution in [0.2, 0.25) is 0 Å². The zero-order valence-electron chi connectivity index (χ0n) is 8.18. The van der Waals surface area contributed by atoms with Gasteiger partial charge in [-0.15, -0.1) is 0 Å². The van der Waals surface area contributed by atoms with Crippen molar-refractivity contribution < 1.29 is 4.74 Å². The van der Waals surface area contributed by atoms with Gasteiger partial charge in [0.25, 0.3) is 0 Å². The zero-order chi connectivity index (χ0) is 8.60. The SMILES string of the molecule is CC(C)N1CCC12CCCCO2. The quantitative estimate of drug-likeness (QED) is 0.595. The predicted molar refractivity (Wildman–Crippen MR) is 49.0 cm³/mol. The van der Waals surface area contributed by atoms with Crippen LogP contribution in [0.15, 0.2) is 0 Å². The van der Waals surface area contributed by atoms with Crippen molar-refractivity contribution in [3.8, 4) is 0 Å². The molecule has 2 fully saturated rings. The summed E-state index contributed by atoms with van der Waals surface area (Å²) >= 11 is 0. The smallest absolute Gasteiger partial charge is 0.123 e. The van der Waals surface area contributed by atoms with Gasteiger partial charge in [-0.1, -0.05) is 0 Å². The van der Waals surface area contributed by atoms with Crippen molar-refractivity contribution in [3.05, 3.63) is 0 Å². The first-order valence-corrected chi connectivity index (χ1v) is 5.15. The lowest BCUT2D eigenvalue weighted by atomic mass is 9.88. The lowest BCUT2D eigenvalue weighted by Crippen LogP contribution is -2.64. The van der Waals surface area contributed by atoms with Gasteiger partial charge in [0.05, 0.1) is 0 Å². The third-order valence-electron chi connectivity index (χ3n) is 3.22. The van der Waals surface area contributed by atoms with Crippen LogP contribution in [0.4, 0.5) is 0 Å². The van der Waals surface area contributed by atoms with Crippen LogP contribution < -0.4 is 0 Å². The van der Waals surface area contributed by atoms with Gasteiger partial charge in [0.1, 0.15) is 5.72 Å². The molecule has 1 spiro atoms. The van der Waals surface area contributed by atoms with Crippen LogP contribution in [0.5, 0.6) is 0 Å². The summed E-state index contributed by atoms with van der Waals surface area (Å²) in [6.07, 6.45) is 5.12. The third kappa shape index (κ3) is 1.17. The molecule has 2 aliphatic heterocycles. The van der Waals surface area contributed by atoms with Crippen molar-refractivity contribution in [3.63, 3.8) is 0 Å². The summed E-state index contributed by atoms with van der Waals surface area (Å²) in [5.41, 5.74) is 0.173. The Labute approximate surface area is 74.9 Å². The highest BCUT2D eigenvalue weighted by Gasteiger charge is 2.47. The minimum Gasteiger partial charge on any atom is -0.360 e. The molecule has 2 heteroatoms. The van der Waals surface area contributed by atoms with E-state index < -0.39 is 0 Å². The van der Waals surface area contributed by atoms with E-state index in [1.165, 1.54) is 32.2 Å². The Kier molecular flexibility index (Phi) is 2.13. The maximum atomic E-state index is 5.90. The number of rotatable bonds is 1. The average Bonchev–Trinajstić information content (AvgIpc) is 2.03. The first-order valence-electron chi connectivity index (χ1n) is 5.15. The molecule has 1 unspecified atom stereocenters. The molecule has 0 aromatic carbocycles. The normalized spacial score (nSPS) is 37.2. The molecule has 0 radical (unpaired) electrons. The molecule has 2 saturated heterocycles. The number of hydrogen-bond acceptors (Lipinski definition) is 2. The standard InChI is InChI=1S/C10H19NO/c1-9(2)11-7-6-10(11)5-3-4-8-12-10/h9H,3-8H2,1-2H3. The highest BCUT2D eigenvalue weighted by molar-refractivity contribution is 4.95. The van der Waals surface area contributed by atoms with Gasteiger partial charge in [0, 0.05) is 25.6 Å². The van der Waals surface area contributed by atoms with Crippen LogP contribution in [0.1, 0.15) is 39.5 Å². The van der Waals surface area contributed by atoms with Crippen molar-refractivity contribution in [1.82, 2.24) is 4.90 Å². The predicted octanol–water partition coefficient (Wildman–Crippen LogP) is 2.00. The fourth-order valence-corrected chi connectivity index (χ4v) is 2.48. The Morgan fingerprint density at radius 2 is 2.08 bits per heavy atom. The van der Waals surface area contributed by atoms with Crippen LogP contribution in [0.25, 0.3) is 0 Å². The van der Waals surface area contributed by atoms with E-state index in [0.29, 0.717) is 6.04 Å². The van der Waals surface area contributed by atoms with Gasteiger partial charge < -0.3 is 4.74 Å². The molecule has 0 aromatic rings. The maximum Gasteiger partial charge on any atom is 0.123 e. The van der Waals surface area contributed by atoms with Crippen LogP contribution >= 0.6 is 0 Å². The van der Waals surface area contributed by atoms with E-state index >= 15 is 0 Å². The second-order valence-corrected chi connectivity index (χ2v) is 4.29. The second-order valence-electron chi connectivity index (χ2n) is 4.29. The Morgan fingerprint density at radius 3 is 2.50 bits per heavy atom. The molecular weight excluding hydrogens is 150 g/mol. The van der Waals surface area contributed by atoms with Gasteiger partial charge in [-0.2, -0.15) is 0 Å². The van der Waals surface area contributed by atoms with Crippen molar-refractivity contribution in [2.45, 2.75) is 51.3 Å². The van der Waals surface area contributed by atoms with E-state index in [-0.39, 0.29) is 5.72 Å². The summed E-state index contributed by atoms with van der Waals surface area (Å²) in [6, 6.07) is 0.650. The molecular formula is C10H19NO. The third-order valence-corrected chi connectivity index (χ3v) is 3.22. The zero-order valence-corrected chi connectivity index (χ0v) is 8.18. The van der Waals surface area contributed by atoms with Gasteiger partial charge in [0.2, 0.25) is 0 Å². The van der Waals surface area contributed by atoms with Gasteiger partial charge >= 0.3 is 0 Å². The van der Waals surface area contributed by atoms with Crippen LogP contribution in [-0.4, -0.2) is 29.8 Å². The summed E-state index contributed by atoms with van der Waals surface area (Å²) < 4.78 is 5.90. The molecule has 0 N–H and O–H groups in total. The number of nitrogens with zero attached hydrogens (tertiary/aromatic N) is 1. The molecule has 2 nitrogen and oxygen atoms in total. The number of likely N-dealkylation sites (tertiary alicyclic amines) is 1. The van der Waals surface area contributed by atoms with E-state index in [1.807, 2.05) is 0 Å². The van der Waals surface area contributed by atoms with Gasteiger partial charge in [-0.3, -0.25) is 4.90 Å². The number of hydrogen-bond donors (Lipinski definition) is 0. The maximum absolute atomic E-state index is 5.90. The van der Waals surface area contributed by atoms with Crippen molar-refractivity contribution >= 4 is 0 Å². The molecule has 70 valence electrons. The summed E-state index contributed by atoms with van der Waals surface area (Å²) in [6.45, 7) is 6.73. The molecule has 2 heterocycles. The second kappa shape index (κ2) is 3.00. The molecule has 0 amide bonds. The molecule has 12 heavy (non-hydrogen) atoms. The lowest BCUT2D eigenvalue weighted by Gasteiger charge is -2.56. The van der Waals surface area contributed by atoms with Crippen molar-refractivity contribution in [2.24, 2.45) is 0 Å². The summed E-state index contributed by atoms with van der Waals surface area (Å²) in [5, 5.41) is 0. The van der Waals surface area contributed by atoms with Crippen LogP contribution in [0, 0.1) is 0 Å². The minimum absolute atomic E-state index is 0.173. The molecule has 2 rings (SSSR count). The first-order chi connectivity index (χ1) is 5.75. The summed E-state index contributed by atoms with van der Waals surface area (Å²) in [5.74, 6) is 0. The molecule has 0 bridgehead atoms. The Balaban J connectivity index is 2.00. The van der Waals surface area contributed by atoms with Gasteiger partial charge in [-0.05, 0) is 33.1 Å². The highest BCUT2D eigenvalue weighted by atomic mass is 16.5. The summed E-state index contributed by atoms with van der Waals surface area (Å²) in [4.78, 5) is 2.51. The molecule has 1 atom stereocenters. The highest BCUT2D eigenvalue weighted by Crippen LogP contribution is 2.40. The van der Waals surface area contributed by atoms with E-state index in [2.05, 4.69) is 18.7 Å². The fourth-order valence-electron chi connectivity index (χ4n) is 2.48. The number of ether oxygens (including phenoxy) is 1. The molecule has 0 aromatic heterocycles. The fraction of sp³-hybridized carbons (Fsp3) is 1.00. The summed E-state index contributed by atoms with van der Waals surface area (Å²) in [7, 11) is 0. The Bertz CT molecular complexity index is 161. The van der Waals surface area contributed by atoms with Crippen LogP contribution in [-0.2, 0) is 4.74 Å². The van der Waals surface area contributed by atoms with E-state index in [0.717, 1.165) is 6.61 Å². The van der Waals surface area contributed by atoms with Crippen molar-refractivity contribution in [1.29, 1.82) is 0 Å². The monoisotopic (exact) mass is 169 g/mol. The van der Waals surface area contributed by atoms with E-state index in [4.69, 9.17) is 4.74 Å². The average molecular weight is 169 g/mol. The minimum atomic E-state index is 0.173. The van der Waals surface area contributed by atoms with E-state index in [1.54, 1.807) is 0 Å². The first kappa shape index (κ1) is 8.52. The van der Waals surface area contributed by atoms with Crippen LogP contribution in [0.3, 0.4) is 0 Å². The van der Waals surface area contributed by atoms with Gasteiger partial charge in [-0.25, -0.2) is 0 Å². The molecule has 0 aliphatic carbocycles. The Morgan fingerprint density at radius 1 is 1.25 bits per heavy atom. The molecule has 2 aliphatic rings. The largest absolute Gasteiger partial charge is 0.360 e. The van der Waals surface area contributed by atoms with Crippen molar-refractivity contribution in [2.75, 3.05) is 13.2 Å². The Hall–Kier alpha value is -0.0800. The lowest BCUT2D eigenvalue weighted by molar-refractivity contribution is -0.247. The molecule has 0 saturated carbocycles.